The van der Waals surface area contributed by atoms with E-state index in [1.807, 2.05) is 60.9 Å². The van der Waals surface area contributed by atoms with Crippen LogP contribution in [0, 0.1) is 0 Å². The zero-order valence-corrected chi connectivity index (χ0v) is 17.9. The van der Waals surface area contributed by atoms with Crippen molar-refractivity contribution >= 4 is 11.5 Å². The standard InChI is InChI=1S/C26H26N6/c1-2-4-23(5-3-1)29-25-18-24(21-8-14-28-15-9-21)30-26(31-25)22-10-16-32(17-11-22)19-20-6-12-27-13-7-20/h1-9,12-15,18,22H,10-11,16-17,19H2,(H,29,30,31). The molecule has 0 amide bonds. The maximum absolute atomic E-state index is 4.97. The van der Waals surface area contributed by atoms with E-state index in [9.17, 15) is 0 Å². The summed E-state index contributed by atoms with van der Waals surface area (Å²) in [5, 5.41) is 3.45. The summed E-state index contributed by atoms with van der Waals surface area (Å²) in [5.74, 6) is 2.09. The van der Waals surface area contributed by atoms with Crippen molar-refractivity contribution in [1.29, 1.82) is 0 Å². The number of piperidine rings is 1. The molecule has 1 N–H and O–H groups in total. The van der Waals surface area contributed by atoms with Crippen molar-refractivity contribution in [3.63, 3.8) is 0 Å². The molecule has 3 aromatic heterocycles. The summed E-state index contributed by atoms with van der Waals surface area (Å²) in [6.45, 7) is 3.04. The Morgan fingerprint density at radius 1 is 0.812 bits per heavy atom. The highest BCUT2D eigenvalue weighted by Crippen LogP contribution is 2.30. The molecular weight excluding hydrogens is 396 g/mol. The van der Waals surface area contributed by atoms with Crippen LogP contribution in [0.15, 0.2) is 85.5 Å². The van der Waals surface area contributed by atoms with E-state index < -0.39 is 0 Å². The quantitative estimate of drug-likeness (QED) is 0.469. The van der Waals surface area contributed by atoms with Gasteiger partial charge in [0.2, 0.25) is 0 Å². The first-order valence-corrected chi connectivity index (χ1v) is 11.1. The van der Waals surface area contributed by atoms with Gasteiger partial charge in [-0.25, -0.2) is 9.97 Å². The molecule has 1 fully saturated rings. The summed E-state index contributed by atoms with van der Waals surface area (Å²) in [4.78, 5) is 20.7. The summed E-state index contributed by atoms with van der Waals surface area (Å²) in [5.41, 5.74) is 4.30. The number of para-hydroxylation sites is 1. The van der Waals surface area contributed by atoms with Crippen molar-refractivity contribution < 1.29 is 0 Å². The number of aromatic nitrogens is 4. The smallest absolute Gasteiger partial charge is 0.134 e. The van der Waals surface area contributed by atoms with Crippen LogP contribution in [-0.4, -0.2) is 37.9 Å². The van der Waals surface area contributed by atoms with Crippen LogP contribution in [0.1, 0.15) is 30.1 Å². The fourth-order valence-corrected chi connectivity index (χ4v) is 4.15. The third-order valence-electron chi connectivity index (χ3n) is 5.87. The molecule has 0 unspecified atom stereocenters. The fourth-order valence-electron chi connectivity index (χ4n) is 4.15. The Hall–Kier alpha value is -3.64. The Balaban J connectivity index is 1.36. The zero-order chi connectivity index (χ0) is 21.6. The van der Waals surface area contributed by atoms with E-state index in [1.165, 1.54) is 5.56 Å². The minimum Gasteiger partial charge on any atom is -0.340 e. The summed E-state index contributed by atoms with van der Waals surface area (Å²) in [6.07, 6.45) is 9.44. The van der Waals surface area contributed by atoms with Crippen LogP contribution in [0.5, 0.6) is 0 Å². The molecule has 4 aromatic rings. The number of nitrogens with one attached hydrogen (secondary N) is 1. The molecule has 1 aromatic carbocycles. The molecule has 0 atom stereocenters. The van der Waals surface area contributed by atoms with Crippen LogP contribution < -0.4 is 5.32 Å². The number of hydrogen-bond acceptors (Lipinski definition) is 6. The highest BCUT2D eigenvalue weighted by molar-refractivity contribution is 5.65. The van der Waals surface area contributed by atoms with Crippen molar-refractivity contribution in [3.8, 4) is 11.3 Å². The van der Waals surface area contributed by atoms with Gasteiger partial charge in [-0.05, 0) is 67.9 Å². The number of rotatable bonds is 6. The van der Waals surface area contributed by atoms with E-state index in [0.717, 1.165) is 61.1 Å². The van der Waals surface area contributed by atoms with E-state index in [-0.39, 0.29) is 0 Å². The lowest BCUT2D eigenvalue weighted by atomic mass is 9.95. The molecule has 6 nitrogen and oxygen atoms in total. The van der Waals surface area contributed by atoms with Gasteiger partial charge in [-0.2, -0.15) is 0 Å². The van der Waals surface area contributed by atoms with E-state index in [4.69, 9.17) is 9.97 Å². The minimum atomic E-state index is 0.349. The molecular formula is C26H26N6. The lowest BCUT2D eigenvalue weighted by molar-refractivity contribution is 0.202. The molecule has 1 aliphatic rings. The SMILES string of the molecule is c1ccc(Nc2cc(-c3ccncc3)nc(C3CCN(Cc4ccncc4)CC3)n2)cc1. The van der Waals surface area contributed by atoms with Gasteiger partial charge in [-0.3, -0.25) is 14.9 Å². The Morgan fingerprint density at radius 3 is 2.22 bits per heavy atom. The van der Waals surface area contributed by atoms with E-state index in [1.54, 1.807) is 12.4 Å². The predicted octanol–water partition coefficient (Wildman–Crippen LogP) is 5.06. The minimum absolute atomic E-state index is 0.349. The van der Waals surface area contributed by atoms with E-state index in [0.29, 0.717) is 5.92 Å². The average Bonchev–Trinajstić information content (AvgIpc) is 2.86. The molecule has 160 valence electrons. The highest BCUT2D eigenvalue weighted by Gasteiger charge is 2.24. The van der Waals surface area contributed by atoms with Gasteiger partial charge in [0.25, 0.3) is 0 Å². The Morgan fingerprint density at radius 2 is 1.50 bits per heavy atom. The van der Waals surface area contributed by atoms with Gasteiger partial charge in [-0.15, -0.1) is 0 Å². The van der Waals surface area contributed by atoms with Crippen molar-refractivity contribution in [2.45, 2.75) is 25.3 Å². The number of hydrogen-bond donors (Lipinski definition) is 1. The number of benzene rings is 1. The highest BCUT2D eigenvalue weighted by atomic mass is 15.1. The second-order valence-electron chi connectivity index (χ2n) is 8.13. The normalized spacial score (nSPS) is 14.9. The summed E-state index contributed by atoms with van der Waals surface area (Å²) >= 11 is 0. The monoisotopic (exact) mass is 422 g/mol. The van der Waals surface area contributed by atoms with Crippen LogP contribution >= 0.6 is 0 Å². The number of pyridine rings is 2. The van der Waals surface area contributed by atoms with Crippen molar-refractivity contribution in [2.75, 3.05) is 18.4 Å². The largest absolute Gasteiger partial charge is 0.340 e. The van der Waals surface area contributed by atoms with E-state index >= 15 is 0 Å². The second-order valence-corrected chi connectivity index (χ2v) is 8.13. The Labute approximate surface area is 188 Å². The van der Waals surface area contributed by atoms with Crippen LogP contribution in [-0.2, 0) is 6.54 Å². The van der Waals surface area contributed by atoms with Crippen molar-refractivity contribution in [3.05, 3.63) is 96.8 Å². The van der Waals surface area contributed by atoms with Crippen molar-refractivity contribution in [2.24, 2.45) is 0 Å². The van der Waals surface area contributed by atoms with Gasteiger partial charge >= 0.3 is 0 Å². The predicted molar refractivity (Wildman–Crippen MR) is 126 cm³/mol. The van der Waals surface area contributed by atoms with Gasteiger partial charge in [0, 0.05) is 54.6 Å². The molecule has 0 saturated carbocycles. The van der Waals surface area contributed by atoms with Gasteiger partial charge in [0.05, 0.1) is 5.69 Å². The first-order valence-electron chi connectivity index (χ1n) is 11.1. The molecule has 6 heteroatoms. The molecule has 4 heterocycles. The van der Waals surface area contributed by atoms with Gasteiger partial charge < -0.3 is 5.32 Å². The maximum atomic E-state index is 4.97. The van der Waals surface area contributed by atoms with E-state index in [2.05, 4.69) is 32.3 Å². The Kier molecular flexibility index (Phi) is 6.12. The summed E-state index contributed by atoms with van der Waals surface area (Å²) in [6, 6.07) is 20.3. The molecule has 5 rings (SSSR count). The zero-order valence-electron chi connectivity index (χ0n) is 17.9. The van der Waals surface area contributed by atoms with Gasteiger partial charge in [0.1, 0.15) is 11.6 Å². The number of likely N-dealkylation sites (tertiary alicyclic amines) is 1. The third kappa shape index (κ3) is 4.98. The molecule has 0 bridgehead atoms. The summed E-state index contributed by atoms with van der Waals surface area (Å²) < 4.78 is 0. The average molecular weight is 423 g/mol. The fraction of sp³-hybridized carbons (Fsp3) is 0.231. The molecule has 0 aliphatic carbocycles. The third-order valence-corrected chi connectivity index (χ3v) is 5.87. The topological polar surface area (TPSA) is 66.8 Å². The number of anilines is 2. The molecule has 0 spiro atoms. The Bertz CT molecular complexity index is 1130. The maximum Gasteiger partial charge on any atom is 0.134 e. The lowest BCUT2D eigenvalue weighted by Crippen LogP contribution is -2.33. The van der Waals surface area contributed by atoms with Crippen LogP contribution in [0.2, 0.25) is 0 Å². The van der Waals surface area contributed by atoms with Crippen LogP contribution in [0.25, 0.3) is 11.3 Å². The van der Waals surface area contributed by atoms with Gasteiger partial charge in [-0.1, -0.05) is 18.2 Å². The first kappa shape index (κ1) is 20.3. The lowest BCUT2D eigenvalue weighted by Gasteiger charge is -2.31. The molecule has 1 aliphatic heterocycles. The van der Waals surface area contributed by atoms with Crippen molar-refractivity contribution in [1.82, 2.24) is 24.8 Å². The first-order chi connectivity index (χ1) is 15.8. The van der Waals surface area contributed by atoms with Crippen LogP contribution in [0.4, 0.5) is 11.5 Å². The summed E-state index contributed by atoms with van der Waals surface area (Å²) in [7, 11) is 0. The molecule has 1 saturated heterocycles. The van der Waals surface area contributed by atoms with Gasteiger partial charge in [0.15, 0.2) is 0 Å². The van der Waals surface area contributed by atoms with Crippen LogP contribution in [0.3, 0.4) is 0 Å². The molecule has 32 heavy (non-hydrogen) atoms. The number of nitrogens with zero attached hydrogens (tertiary/aromatic N) is 5. The second kappa shape index (κ2) is 9.66. The molecule has 0 radical (unpaired) electrons.